The molecule has 1 aromatic heterocycles. The standard InChI is InChI=1S/C17H14N4O4/c22-17(12-20-10-9-16(19-20)21(23)24)18-13-5-4-8-15(11-13)25-14-6-2-1-3-7-14/h1-11H,12H2,(H,18,22). The van der Waals surface area contributed by atoms with Crippen molar-refractivity contribution < 1.29 is 14.5 Å². The van der Waals surface area contributed by atoms with Crippen molar-refractivity contribution in [3.05, 3.63) is 77.0 Å². The van der Waals surface area contributed by atoms with Gasteiger partial charge in [0.1, 0.15) is 18.0 Å². The van der Waals surface area contributed by atoms with Crippen LogP contribution in [0, 0.1) is 10.1 Å². The van der Waals surface area contributed by atoms with E-state index in [9.17, 15) is 14.9 Å². The van der Waals surface area contributed by atoms with E-state index in [1.165, 1.54) is 16.9 Å². The lowest BCUT2D eigenvalue weighted by Crippen LogP contribution is -2.19. The van der Waals surface area contributed by atoms with E-state index in [0.29, 0.717) is 17.2 Å². The van der Waals surface area contributed by atoms with E-state index in [1.807, 2.05) is 30.3 Å². The molecule has 0 spiro atoms. The molecule has 8 nitrogen and oxygen atoms in total. The van der Waals surface area contributed by atoms with Crippen molar-refractivity contribution in [2.45, 2.75) is 6.54 Å². The number of carbonyl (C=O) groups is 1. The molecular weight excluding hydrogens is 324 g/mol. The Balaban J connectivity index is 1.63. The van der Waals surface area contributed by atoms with Gasteiger partial charge in [0.05, 0.1) is 17.4 Å². The maximum absolute atomic E-state index is 12.0. The number of amides is 1. The fraction of sp³-hybridized carbons (Fsp3) is 0.0588. The second-order valence-corrected chi connectivity index (χ2v) is 5.12. The second kappa shape index (κ2) is 7.26. The molecule has 3 aromatic rings. The topological polar surface area (TPSA) is 99.3 Å². The number of ether oxygens (including phenoxy) is 1. The first-order valence-electron chi connectivity index (χ1n) is 7.41. The Morgan fingerprint density at radius 3 is 2.60 bits per heavy atom. The summed E-state index contributed by atoms with van der Waals surface area (Å²) in [5.74, 6) is 0.620. The van der Waals surface area contributed by atoms with Gasteiger partial charge in [0.25, 0.3) is 0 Å². The zero-order valence-electron chi connectivity index (χ0n) is 13.0. The minimum absolute atomic E-state index is 0.127. The third-order valence-electron chi connectivity index (χ3n) is 3.22. The summed E-state index contributed by atoms with van der Waals surface area (Å²) in [6, 6.07) is 17.5. The summed E-state index contributed by atoms with van der Waals surface area (Å²) in [4.78, 5) is 22.0. The predicted molar refractivity (Wildman–Crippen MR) is 90.5 cm³/mol. The third kappa shape index (κ3) is 4.41. The van der Waals surface area contributed by atoms with Crippen LogP contribution in [-0.4, -0.2) is 20.6 Å². The van der Waals surface area contributed by atoms with E-state index >= 15 is 0 Å². The summed E-state index contributed by atoms with van der Waals surface area (Å²) in [5, 5.41) is 17.0. The molecule has 126 valence electrons. The Kier molecular flexibility index (Phi) is 4.70. The fourth-order valence-corrected chi connectivity index (χ4v) is 2.15. The Morgan fingerprint density at radius 1 is 1.12 bits per heavy atom. The van der Waals surface area contributed by atoms with E-state index in [1.54, 1.807) is 24.3 Å². The van der Waals surface area contributed by atoms with E-state index in [2.05, 4.69) is 10.4 Å². The summed E-state index contributed by atoms with van der Waals surface area (Å²) >= 11 is 0. The summed E-state index contributed by atoms with van der Waals surface area (Å²) in [6.45, 7) is -0.127. The highest BCUT2D eigenvalue weighted by Crippen LogP contribution is 2.23. The Hall–Kier alpha value is -3.68. The first kappa shape index (κ1) is 16.2. The molecular formula is C17H14N4O4. The highest BCUT2D eigenvalue weighted by molar-refractivity contribution is 5.90. The van der Waals surface area contributed by atoms with Crippen molar-refractivity contribution in [2.75, 3.05) is 5.32 Å². The van der Waals surface area contributed by atoms with Crippen LogP contribution in [0.1, 0.15) is 0 Å². The van der Waals surface area contributed by atoms with Crippen LogP contribution >= 0.6 is 0 Å². The Bertz CT molecular complexity index is 892. The van der Waals surface area contributed by atoms with Gasteiger partial charge in [-0.15, -0.1) is 0 Å². The maximum Gasteiger partial charge on any atom is 0.389 e. The van der Waals surface area contributed by atoms with Crippen molar-refractivity contribution in [1.82, 2.24) is 9.78 Å². The fourth-order valence-electron chi connectivity index (χ4n) is 2.15. The Labute approximate surface area is 142 Å². The van der Waals surface area contributed by atoms with Crippen molar-refractivity contribution in [3.8, 4) is 11.5 Å². The van der Waals surface area contributed by atoms with Crippen molar-refractivity contribution in [3.63, 3.8) is 0 Å². The molecule has 0 saturated carbocycles. The quantitative estimate of drug-likeness (QED) is 0.549. The van der Waals surface area contributed by atoms with Gasteiger partial charge in [-0.3, -0.25) is 4.79 Å². The lowest BCUT2D eigenvalue weighted by molar-refractivity contribution is -0.389. The second-order valence-electron chi connectivity index (χ2n) is 5.12. The van der Waals surface area contributed by atoms with Crippen LogP contribution in [-0.2, 0) is 11.3 Å². The number of nitro groups is 1. The molecule has 0 fully saturated rings. The molecule has 1 amide bonds. The van der Waals surface area contributed by atoms with Crippen LogP contribution < -0.4 is 10.1 Å². The normalized spacial score (nSPS) is 10.2. The molecule has 0 aliphatic rings. The summed E-state index contributed by atoms with van der Waals surface area (Å²) in [7, 11) is 0. The maximum atomic E-state index is 12.0. The van der Waals surface area contributed by atoms with Crippen LogP contribution in [0.3, 0.4) is 0 Å². The van der Waals surface area contributed by atoms with Crippen LogP contribution in [0.2, 0.25) is 0 Å². The van der Waals surface area contributed by atoms with Gasteiger partial charge in [-0.25, -0.2) is 0 Å². The molecule has 2 aromatic carbocycles. The monoisotopic (exact) mass is 338 g/mol. The highest BCUT2D eigenvalue weighted by Gasteiger charge is 2.13. The first-order chi connectivity index (χ1) is 12.1. The van der Waals surface area contributed by atoms with Crippen molar-refractivity contribution >= 4 is 17.4 Å². The molecule has 1 N–H and O–H groups in total. The number of hydrogen-bond acceptors (Lipinski definition) is 5. The summed E-state index contributed by atoms with van der Waals surface area (Å²) < 4.78 is 6.91. The van der Waals surface area contributed by atoms with E-state index < -0.39 is 4.92 Å². The van der Waals surface area contributed by atoms with Crippen LogP contribution in [0.4, 0.5) is 11.5 Å². The van der Waals surface area contributed by atoms with Crippen molar-refractivity contribution in [2.24, 2.45) is 0 Å². The van der Waals surface area contributed by atoms with Gasteiger partial charge in [0.15, 0.2) is 0 Å². The van der Waals surface area contributed by atoms with Gasteiger partial charge in [0.2, 0.25) is 5.91 Å². The molecule has 1 heterocycles. The summed E-state index contributed by atoms with van der Waals surface area (Å²) in [5.41, 5.74) is 0.556. The lowest BCUT2D eigenvalue weighted by atomic mass is 10.3. The van der Waals surface area contributed by atoms with Crippen LogP contribution in [0.25, 0.3) is 0 Å². The minimum Gasteiger partial charge on any atom is -0.457 e. The number of aromatic nitrogens is 2. The predicted octanol–water partition coefficient (Wildman–Crippen LogP) is 3.22. The number of nitrogens with one attached hydrogen (secondary N) is 1. The average molecular weight is 338 g/mol. The van der Waals surface area contributed by atoms with Gasteiger partial charge in [0, 0.05) is 11.8 Å². The molecule has 0 aliphatic carbocycles. The van der Waals surface area contributed by atoms with Crippen molar-refractivity contribution in [1.29, 1.82) is 0 Å². The smallest absolute Gasteiger partial charge is 0.389 e. The number of hydrogen-bond donors (Lipinski definition) is 1. The molecule has 0 saturated heterocycles. The number of carbonyl (C=O) groups excluding carboxylic acids is 1. The first-order valence-corrected chi connectivity index (χ1v) is 7.41. The van der Waals surface area contributed by atoms with Gasteiger partial charge >= 0.3 is 5.82 Å². The molecule has 0 aliphatic heterocycles. The van der Waals surface area contributed by atoms with Gasteiger partial charge in [-0.05, 0) is 29.2 Å². The minimum atomic E-state index is -0.612. The molecule has 25 heavy (non-hydrogen) atoms. The van der Waals surface area contributed by atoms with Crippen LogP contribution in [0.5, 0.6) is 11.5 Å². The largest absolute Gasteiger partial charge is 0.457 e. The van der Waals surface area contributed by atoms with E-state index in [0.717, 1.165) is 0 Å². The molecule has 0 radical (unpaired) electrons. The third-order valence-corrected chi connectivity index (χ3v) is 3.22. The Morgan fingerprint density at radius 2 is 1.88 bits per heavy atom. The molecule has 0 bridgehead atoms. The number of nitrogens with zero attached hydrogens (tertiary/aromatic N) is 3. The van der Waals surface area contributed by atoms with E-state index in [-0.39, 0.29) is 18.3 Å². The SMILES string of the molecule is O=C(Cn1ccc([N+](=O)[O-])n1)Nc1cccc(Oc2ccccc2)c1. The zero-order valence-corrected chi connectivity index (χ0v) is 13.0. The number of anilines is 1. The van der Waals surface area contributed by atoms with Crippen LogP contribution in [0.15, 0.2) is 66.9 Å². The number of para-hydroxylation sites is 1. The number of rotatable bonds is 6. The number of benzene rings is 2. The zero-order chi connectivity index (χ0) is 17.6. The lowest BCUT2D eigenvalue weighted by Gasteiger charge is -2.08. The molecule has 0 unspecified atom stereocenters. The highest BCUT2D eigenvalue weighted by atomic mass is 16.6. The van der Waals surface area contributed by atoms with Gasteiger partial charge in [-0.2, -0.15) is 4.68 Å². The van der Waals surface area contributed by atoms with E-state index in [4.69, 9.17) is 4.74 Å². The van der Waals surface area contributed by atoms with Gasteiger partial charge < -0.3 is 20.2 Å². The molecule has 0 atom stereocenters. The molecule has 3 rings (SSSR count). The average Bonchev–Trinajstić information content (AvgIpc) is 3.05. The van der Waals surface area contributed by atoms with Gasteiger partial charge in [-0.1, -0.05) is 24.3 Å². The summed E-state index contributed by atoms with van der Waals surface area (Å²) in [6.07, 6.45) is 1.38. The molecule has 8 heteroatoms.